The summed E-state index contributed by atoms with van der Waals surface area (Å²) in [6, 6.07) is 10.7. The van der Waals surface area contributed by atoms with Gasteiger partial charge >= 0.3 is 0 Å². The van der Waals surface area contributed by atoms with E-state index in [2.05, 4.69) is 4.98 Å². The van der Waals surface area contributed by atoms with Crippen molar-refractivity contribution in [2.75, 3.05) is 13.1 Å². The summed E-state index contributed by atoms with van der Waals surface area (Å²) in [7, 11) is 0. The molecule has 1 aromatic carbocycles. The lowest BCUT2D eigenvalue weighted by Gasteiger charge is -2.35. The SMILES string of the molecule is O=C(c1ccc2nc(-c3ccc(Cl)cc3)c(CO)n2c1)N1CC(O)C1. The minimum Gasteiger partial charge on any atom is -0.390 e. The number of pyridine rings is 1. The van der Waals surface area contributed by atoms with Gasteiger partial charge in [0.1, 0.15) is 5.65 Å². The third-order valence-corrected chi connectivity index (χ3v) is 4.63. The summed E-state index contributed by atoms with van der Waals surface area (Å²) in [4.78, 5) is 18.6. The summed E-state index contributed by atoms with van der Waals surface area (Å²) in [6.07, 6.45) is 1.24. The van der Waals surface area contributed by atoms with Crippen LogP contribution in [0.15, 0.2) is 42.6 Å². The molecule has 3 heterocycles. The van der Waals surface area contributed by atoms with Gasteiger partial charge in [-0.15, -0.1) is 0 Å². The molecule has 0 spiro atoms. The molecule has 1 fully saturated rings. The zero-order valence-electron chi connectivity index (χ0n) is 13.3. The molecule has 2 N–H and O–H groups in total. The number of imidazole rings is 1. The number of hydrogen-bond donors (Lipinski definition) is 2. The van der Waals surface area contributed by atoms with Crippen molar-refractivity contribution < 1.29 is 15.0 Å². The van der Waals surface area contributed by atoms with Gasteiger partial charge in [-0.1, -0.05) is 23.7 Å². The van der Waals surface area contributed by atoms with E-state index in [9.17, 15) is 15.0 Å². The highest BCUT2D eigenvalue weighted by Gasteiger charge is 2.29. The summed E-state index contributed by atoms with van der Waals surface area (Å²) >= 11 is 5.93. The number of aliphatic hydroxyl groups is 2. The Kier molecular flexibility index (Phi) is 3.95. The maximum atomic E-state index is 12.4. The van der Waals surface area contributed by atoms with Gasteiger partial charge in [-0.3, -0.25) is 4.79 Å². The van der Waals surface area contributed by atoms with Gasteiger partial charge in [0, 0.05) is 29.9 Å². The molecule has 1 amide bonds. The molecule has 6 nitrogen and oxygen atoms in total. The lowest BCUT2D eigenvalue weighted by molar-refractivity contribution is 0.00586. The van der Waals surface area contributed by atoms with E-state index in [0.29, 0.717) is 40.7 Å². The number of benzene rings is 1. The van der Waals surface area contributed by atoms with Crippen molar-refractivity contribution in [1.82, 2.24) is 14.3 Å². The maximum Gasteiger partial charge on any atom is 0.255 e. The highest BCUT2D eigenvalue weighted by atomic mass is 35.5. The predicted molar refractivity (Wildman–Crippen MR) is 93.5 cm³/mol. The van der Waals surface area contributed by atoms with E-state index < -0.39 is 6.10 Å². The van der Waals surface area contributed by atoms with Gasteiger partial charge in [0.05, 0.1) is 29.7 Å². The first kappa shape index (κ1) is 16.1. The van der Waals surface area contributed by atoms with Crippen LogP contribution in [0.4, 0.5) is 0 Å². The summed E-state index contributed by atoms with van der Waals surface area (Å²) < 4.78 is 1.73. The average molecular weight is 358 g/mol. The van der Waals surface area contributed by atoms with Crippen LogP contribution in [0, 0.1) is 0 Å². The number of rotatable bonds is 3. The van der Waals surface area contributed by atoms with Crippen LogP contribution in [-0.4, -0.2) is 49.6 Å². The van der Waals surface area contributed by atoms with Crippen LogP contribution >= 0.6 is 11.6 Å². The third-order valence-electron chi connectivity index (χ3n) is 4.38. The van der Waals surface area contributed by atoms with E-state index in [-0.39, 0.29) is 12.5 Å². The smallest absolute Gasteiger partial charge is 0.255 e. The fraction of sp³-hybridized carbons (Fsp3) is 0.222. The number of likely N-dealkylation sites (tertiary alicyclic amines) is 1. The van der Waals surface area contributed by atoms with Crippen LogP contribution in [0.2, 0.25) is 5.02 Å². The molecule has 0 bridgehead atoms. The van der Waals surface area contributed by atoms with Gasteiger partial charge in [0.2, 0.25) is 0 Å². The number of nitrogens with zero attached hydrogens (tertiary/aromatic N) is 3. The zero-order valence-corrected chi connectivity index (χ0v) is 14.0. The Morgan fingerprint density at radius 2 is 1.92 bits per heavy atom. The van der Waals surface area contributed by atoms with Gasteiger partial charge < -0.3 is 19.5 Å². The van der Waals surface area contributed by atoms with Gasteiger partial charge in [-0.25, -0.2) is 4.98 Å². The Morgan fingerprint density at radius 3 is 2.56 bits per heavy atom. The zero-order chi connectivity index (χ0) is 17.6. The number of amides is 1. The van der Waals surface area contributed by atoms with Crippen LogP contribution in [0.25, 0.3) is 16.9 Å². The number of carbonyl (C=O) groups is 1. The molecule has 0 atom stereocenters. The molecule has 7 heteroatoms. The molecule has 0 aliphatic carbocycles. The molecule has 0 unspecified atom stereocenters. The van der Waals surface area contributed by atoms with E-state index in [1.54, 1.807) is 39.8 Å². The highest BCUT2D eigenvalue weighted by molar-refractivity contribution is 6.30. The molecule has 128 valence electrons. The first-order valence-electron chi connectivity index (χ1n) is 7.92. The largest absolute Gasteiger partial charge is 0.390 e. The average Bonchev–Trinajstić information content (AvgIpc) is 2.96. The number of halogens is 1. The number of β-amino-alcohol motifs (C(OH)–C–C–N with tert-alkyl or cyclic N) is 1. The van der Waals surface area contributed by atoms with Crippen LogP contribution in [0.3, 0.4) is 0 Å². The molecule has 0 saturated carbocycles. The highest BCUT2D eigenvalue weighted by Crippen LogP contribution is 2.26. The summed E-state index contributed by atoms with van der Waals surface area (Å²) in [5, 5.41) is 19.8. The Morgan fingerprint density at radius 1 is 1.20 bits per heavy atom. The Balaban J connectivity index is 1.77. The van der Waals surface area contributed by atoms with Crippen molar-refractivity contribution in [3.05, 3.63) is 58.9 Å². The van der Waals surface area contributed by atoms with Gasteiger partial charge in [-0.2, -0.15) is 0 Å². The minimum atomic E-state index is -0.439. The predicted octanol–water partition coefficient (Wildman–Crippen LogP) is 1.96. The molecule has 3 aromatic rings. The van der Waals surface area contributed by atoms with Crippen molar-refractivity contribution in [2.45, 2.75) is 12.7 Å². The standard InChI is InChI=1S/C18H16ClN3O3/c19-13-4-1-11(2-5-13)17-15(10-23)22-7-12(3-6-16(22)20-17)18(25)21-8-14(24)9-21/h1-7,14,23-24H,8-10H2. The normalized spacial score (nSPS) is 14.8. The Hall–Kier alpha value is -2.41. The third kappa shape index (κ3) is 2.78. The molecular formula is C18H16ClN3O3. The fourth-order valence-corrected chi connectivity index (χ4v) is 3.14. The second-order valence-corrected chi connectivity index (χ2v) is 6.52. The van der Waals surface area contributed by atoms with Crippen LogP contribution < -0.4 is 0 Å². The summed E-state index contributed by atoms with van der Waals surface area (Å²) in [5.74, 6) is -0.141. The van der Waals surface area contributed by atoms with Crippen molar-refractivity contribution in [2.24, 2.45) is 0 Å². The molecule has 2 aromatic heterocycles. The lowest BCUT2D eigenvalue weighted by atomic mass is 10.1. The lowest BCUT2D eigenvalue weighted by Crippen LogP contribution is -2.53. The minimum absolute atomic E-state index is 0.141. The Labute approximate surface area is 148 Å². The van der Waals surface area contributed by atoms with Crippen LogP contribution in [-0.2, 0) is 6.61 Å². The van der Waals surface area contributed by atoms with Gasteiger partial charge in [-0.05, 0) is 24.3 Å². The van der Waals surface area contributed by atoms with E-state index >= 15 is 0 Å². The Bertz CT molecular complexity index is 946. The molecule has 4 rings (SSSR count). The van der Waals surface area contributed by atoms with Crippen LogP contribution in [0.1, 0.15) is 16.1 Å². The van der Waals surface area contributed by atoms with Gasteiger partial charge in [0.25, 0.3) is 5.91 Å². The van der Waals surface area contributed by atoms with E-state index in [1.807, 2.05) is 12.1 Å². The molecule has 1 aliphatic heterocycles. The maximum absolute atomic E-state index is 12.4. The first-order chi connectivity index (χ1) is 12.1. The number of fused-ring (bicyclic) bond motifs is 1. The number of carbonyl (C=O) groups excluding carboxylic acids is 1. The molecule has 25 heavy (non-hydrogen) atoms. The van der Waals surface area contributed by atoms with E-state index in [0.717, 1.165) is 5.56 Å². The quantitative estimate of drug-likeness (QED) is 0.751. The van der Waals surface area contributed by atoms with Crippen molar-refractivity contribution in [3.8, 4) is 11.3 Å². The van der Waals surface area contributed by atoms with Gasteiger partial charge in [0.15, 0.2) is 0 Å². The molecule has 0 radical (unpaired) electrons. The first-order valence-corrected chi connectivity index (χ1v) is 8.29. The van der Waals surface area contributed by atoms with E-state index in [1.165, 1.54) is 0 Å². The number of hydrogen-bond acceptors (Lipinski definition) is 4. The fourth-order valence-electron chi connectivity index (χ4n) is 3.01. The second kappa shape index (κ2) is 6.15. The van der Waals surface area contributed by atoms with Crippen molar-refractivity contribution in [1.29, 1.82) is 0 Å². The van der Waals surface area contributed by atoms with Crippen molar-refractivity contribution >= 4 is 23.2 Å². The summed E-state index contributed by atoms with van der Waals surface area (Å²) in [5.41, 5.74) is 3.25. The monoisotopic (exact) mass is 357 g/mol. The summed E-state index contributed by atoms with van der Waals surface area (Å²) in [6.45, 7) is 0.493. The molecule has 1 saturated heterocycles. The van der Waals surface area contributed by atoms with E-state index in [4.69, 9.17) is 11.6 Å². The number of aromatic nitrogens is 2. The second-order valence-electron chi connectivity index (χ2n) is 6.08. The molecular weight excluding hydrogens is 342 g/mol. The topological polar surface area (TPSA) is 78.1 Å². The van der Waals surface area contributed by atoms with Crippen LogP contribution in [0.5, 0.6) is 0 Å². The number of aliphatic hydroxyl groups excluding tert-OH is 2. The van der Waals surface area contributed by atoms with Crippen molar-refractivity contribution in [3.63, 3.8) is 0 Å². The molecule has 1 aliphatic rings.